The van der Waals surface area contributed by atoms with E-state index < -0.39 is 9.84 Å². The van der Waals surface area contributed by atoms with Crippen LogP contribution in [-0.4, -0.2) is 19.4 Å². The van der Waals surface area contributed by atoms with Gasteiger partial charge < -0.3 is 0 Å². The molecule has 0 unspecified atom stereocenters. The molecule has 1 aliphatic heterocycles. The van der Waals surface area contributed by atoms with Gasteiger partial charge in [0.15, 0.2) is 0 Å². The van der Waals surface area contributed by atoms with Gasteiger partial charge in [-0.25, -0.2) is 8.42 Å². The Hall–Kier alpha value is -0.740. The standard InChI is InChI=1S/C13H16O2S2/c1-9(2)16-8-12-7-11-5-4-10(3)6-13(11)17(12,14)15/h4-7,9H,8H2,1-3H3. The second-order valence-corrected chi connectivity index (χ2v) is 8.05. The Morgan fingerprint density at radius 1 is 1.29 bits per heavy atom. The van der Waals surface area contributed by atoms with Crippen LogP contribution in [-0.2, 0) is 9.84 Å². The first-order valence-corrected chi connectivity index (χ1v) is 8.12. The quantitative estimate of drug-likeness (QED) is 0.844. The lowest BCUT2D eigenvalue weighted by Gasteiger charge is -2.06. The maximum atomic E-state index is 12.3. The van der Waals surface area contributed by atoms with Gasteiger partial charge in [-0.1, -0.05) is 26.0 Å². The molecule has 0 aliphatic carbocycles. The third-order valence-corrected chi connectivity index (χ3v) is 5.89. The van der Waals surface area contributed by atoms with Crippen molar-refractivity contribution in [3.8, 4) is 0 Å². The van der Waals surface area contributed by atoms with Crippen LogP contribution in [0.15, 0.2) is 28.0 Å². The van der Waals surface area contributed by atoms with E-state index in [9.17, 15) is 8.42 Å². The first-order chi connectivity index (χ1) is 7.91. The molecular formula is C13H16O2S2. The smallest absolute Gasteiger partial charge is 0.204 e. The fraction of sp³-hybridized carbons (Fsp3) is 0.385. The Labute approximate surface area is 107 Å². The predicted molar refractivity (Wildman–Crippen MR) is 73.9 cm³/mol. The molecule has 0 bridgehead atoms. The van der Waals surface area contributed by atoms with E-state index in [-0.39, 0.29) is 0 Å². The molecule has 0 spiro atoms. The third kappa shape index (κ3) is 2.43. The SMILES string of the molecule is Cc1ccc2c(c1)S(=O)(=O)C(CSC(C)C)=C2. The fourth-order valence-electron chi connectivity index (χ4n) is 1.75. The molecule has 1 aromatic rings. The minimum atomic E-state index is -3.22. The first kappa shape index (κ1) is 12.7. The summed E-state index contributed by atoms with van der Waals surface area (Å²) in [4.78, 5) is 1.01. The second-order valence-electron chi connectivity index (χ2n) is 4.52. The van der Waals surface area contributed by atoms with Gasteiger partial charge in [0, 0.05) is 5.75 Å². The molecule has 2 rings (SSSR count). The molecule has 1 heterocycles. The zero-order valence-electron chi connectivity index (χ0n) is 10.2. The highest BCUT2D eigenvalue weighted by Crippen LogP contribution is 2.35. The van der Waals surface area contributed by atoms with Crippen molar-refractivity contribution in [1.82, 2.24) is 0 Å². The minimum Gasteiger partial charge on any atom is -0.219 e. The van der Waals surface area contributed by atoms with E-state index in [4.69, 9.17) is 0 Å². The Bertz CT molecular complexity index is 569. The summed E-state index contributed by atoms with van der Waals surface area (Å²) in [5.74, 6) is 0.563. The normalized spacial score (nSPS) is 17.1. The van der Waals surface area contributed by atoms with Gasteiger partial charge in [0.2, 0.25) is 9.84 Å². The van der Waals surface area contributed by atoms with E-state index in [0.717, 1.165) is 11.1 Å². The van der Waals surface area contributed by atoms with Crippen LogP contribution in [0.5, 0.6) is 0 Å². The van der Waals surface area contributed by atoms with Gasteiger partial charge in [0.1, 0.15) is 0 Å². The predicted octanol–water partition coefficient (Wildman–Crippen LogP) is 3.26. The lowest BCUT2D eigenvalue weighted by molar-refractivity contribution is 0.603. The molecule has 1 aromatic carbocycles. The van der Waals surface area contributed by atoms with Crippen molar-refractivity contribution in [3.63, 3.8) is 0 Å². The summed E-state index contributed by atoms with van der Waals surface area (Å²) < 4.78 is 24.5. The van der Waals surface area contributed by atoms with Crippen LogP contribution < -0.4 is 0 Å². The molecule has 17 heavy (non-hydrogen) atoms. The summed E-state index contributed by atoms with van der Waals surface area (Å²) in [6.45, 7) is 6.06. The van der Waals surface area contributed by atoms with E-state index in [1.165, 1.54) is 0 Å². The molecule has 0 radical (unpaired) electrons. The summed E-state index contributed by atoms with van der Waals surface area (Å²) in [6, 6.07) is 5.59. The van der Waals surface area contributed by atoms with Crippen molar-refractivity contribution in [2.75, 3.05) is 5.75 Å². The number of rotatable bonds is 3. The highest BCUT2D eigenvalue weighted by Gasteiger charge is 2.29. The third-order valence-electron chi connectivity index (χ3n) is 2.68. The Morgan fingerprint density at radius 3 is 2.65 bits per heavy atom. The van der Waals surface area contributed by atoms with Gasteiger partial charge in [-0.2, -0.15) is 11.8 Å². The number of hydrogen-bond acceptors (Lipinski definition) is 3. The van der Waals surface area contributed by atoms with Crippen LogP contribution in [0.3, 0.4) is 0 Å². The molecule has 92 valence electrons. The van der Waals surface area contributed by atoms with Crippen LogP contribution in [0.4, 0.5) is 0 Å². The molecule has 2 nitrogen and oxygen atoms in total. The van der Waals surface area contributed by atoms with Crippen molar-refractivity contribution in [2.24, 2.45) is 0 Å². The van der Waals surface area contributed by atoms with Crippen LogP contribution in [0.1, 0.15) is 25.0 Å². The summed E-state index contributed by atoms with van der Waals surface area (Å²) in [6.07, 6.45) is 1.81. The van der Waals surface area contributed by atoms with E-state index >= 15 is 0 Å². The number of thioether (sulfide) groups is 1. The summed E-state index contributed by atoms with van der Waals surface area (Å²) in [5, 5.41) is 0.441. The summed E-state index contributed by atoms with van der Waals surface area (Å²) in [5.41, 5.74) is 1.81. The van der Waals surface area contributed by atoms with Crippen molar-refractivity contribution < 1.29 is 8.42 Å². The average Bonchev–Trinajstić information content (AvgIpc) is 2.48. The van der Waals surface area contributed by atoms with Gasteiger partial charge in [-0.3, -0.25) is 0 Å². The molecule has 1 aliphatic rings. The highest BCUT2D eigenvalue weighted by molar-refractivity contribution is 8.02. The van der Waals surface area contributed by atoms with Crippen LogP contribution in [0.2, 0.25) is 0 Å². The molecule has 0 fully saturated rings. The van der Waals surface area contributed by atoms with Crippen LogP contribution in [0, 0.1) is 6.92 Å². The van der Waals surface area contributed by atoms with Crippen LogP contribution in [0.25, 0.3) is 6.08 Å². The van der Waals surface area contributed by atoms with E-state index in [1.807, 2.05) is 19.1 Å². The lowest BCUT2D eigenvalue weighted by Crippen LogP contribution is -2.04. The van der Waals surface area contributed by atoms with Gasteiger partial charge in [-0.15, -0.1) is 0 Å². The largest absolute Gasteiger partial charge is 0.219 e. The van der Waals surface area contributed by atoms with E-state index in [1.54, 1.807) is 23.9 Å². The molecule has 0 N–H and O–H groups in total. The molecule has 0 amide bonds. The Balaban J connectivity index is 2.36. The Kier molecular flexibility index (Phi) is 3.36. The first-order valence-electron chi connectivity index (χ1n) is 5.59. The number of hydrogen-bond donors (Lipinski definition) is 0. The second kappa shape index (κ2) is 4.50. The molecule has 0 atom stereocenters. The van der Waals surface area contributed by atoms with Crippen molar-refractivity contribution in [3.05, 3.63) is 34.2 Å². The van der Waals surface area contributed by atoms with Crippen molar-refractivity contribution in [1.29, 1.82) is 0 Å². The maximum absolute atomic E-state index is 12.3. The molecule has 4 heteroatoms. The summed E-state index contributed by atoms with van der Waals surface area (Å²) in [7, 11) is -3.22. The molecule has 0 saturated heterocycles. The van der Waals surface area contributed by atoms with Gasteiger partial charge in [0.25, 0.3) is 0 Å². The van der Waals surface area contributed by atoms with E-state index in [2.05, 4.69) is 13.8 Å². The monoisotopic (exact) mass is 268 g/mol. The topological polar surface area (TPSA) is 34.1 Å². The summed E-state index contributed by atoms with van der Waals surface area (Å²) >= 11 is 1.66. The van der Waals surface area contributed by atoms with Gasteiger partial charge in [-0.05, 0) is 35.4 Å². The maximum Gasteiger partial charge on any atom is 0.204 e. The lowest BCUT2D eigenvalue weighted by atomic mass is 10.1. The molecular weight excluding hydrogens is 252 g/mol. The van der Waals surface area contributed by atoms with Gasteiger partial charge >= 0.3 is 0 Å². The number of fused-ring (bicyclic) bond motifs is 1. The van der Waals surface area contributed by atoms with Crippen molar-refractivity contribution in [2.45, 2.75) is 30.9 Å². The van der Waals surface area contributed by atoms with Gasteiger partial charge in [0.05, 0.1) is 9.80 Å². The zero-order chi connectivity index (χ0) is 12.6. The minimum absolute atomic E-state index is 0.441. The van der Waals surface area contributed by atoms with E-state index in [0.29, 0.717) is 20.8 Å². The highest BCUT2D eigenvalue weighted by atomic mass is 32.2. The zero-order valence-corrected chi connectivity index (χ0v) is 11.9. The number of benzene rings is 1. The average molecular weight is 268 g/mol. The fourth-order valence-corrected chi connectivity index (χ4v) is 4.50. The number of sulfone groups is 1. The number of aryl methyl sites for hydroxylation is 1. The van der Waals surface area contributed by atoms with Crippen molar-refractivity contribution >= 4 is 27.7 Å². The Morgan fingerprint density at radius 2 is 2.00 bits per heavy atom. The van der Waals surface area contributed by atoms with Crippen LogP contribution >= 0.6 is 11.8 Å². The molecule has 0 saturated carbocycles. The molecule has 0 aromatic heterocycles.